The third-order valence-corrected chi connectivity index (χ3v) is 5.64. The third kappa shape index (κ3) is 7.48. The van der Waals surface area contributed by atoms with Crippen LogP contribution >= 0.6 is 0 Å². The van der Waals surface area contributed by atoms with E-state index in [0.29, 0.717) is 17.1 Å². The van der Waals surface area contributed by atoms with Gasteiger partial charge in [0.05, 0.1) is 16.1 Å². The smallest absolute Gasteiger partial charge is 0.311 e. The van der Waals surface area contributed by atoms with Crippen LogP contribution in [-0.2, 0) is 10.2 Å². The Kier molecular flexibility index (Phi) is 8.29. The lowest BCUT2D eigenvalue weighted by molar-refractivity contribution is -0.385. The van der Waals surface area contributed by atoms with Crippen LogP contribution in [-0.4, -0.2) is 28.6 Å². The van der Waals surface area contributed by atoms with Crippen LogP contribution < -0.4 is 10.2 Å². The number of hydrazone groups is 1. The number of rotatable bonds is 10. The molecule has 0 spiro atoms. The van der Waals surface area contributed by atoms with E-state index in [-0.39, 0.29) is 28.0 Å². The number of hydrogen-bond donors (Lipinski definition) is 1. The molecule has 3 aromatic rings. The second-order valence-corrected chi connectivity index (χ2v) is 10.6. The van der Waals surface area contributed by atoms with E-state index in [4.69, 9.17) is 9.15 Å². The highest BCUT2D eigenvalue weighted by molar-refractivity contribution is 5.81. The maximum absolute atomic E-state index is 12.2. The summed E-state index contributed by atoms with van der Waals surface area (Å²) in [7, 11) is 0. The summed E-state index contributed by atoms with van der Waals surface area (Å²) in [6, 6.07) is 13.9. The predicted molar refractivity (Wildman–Crippen MR) is 142 cm³/mol. The number of furan rings is 1. The van der Waals surface area contributed by atoms with Gasteiger partial charge in [0.1, 0.15) is 11.5 Å². The van der Waals surface area contributed by atoms with E-state index in [1.807, 2.05) is 13.8 Å². The molecule has 11 heteroatoms. The quantitative estimate of drug-likeness (QED) is 0.195. The molecular formula is C27H30N4O7. The highest BCUT2D eigenvalue weighted by Gasteiger charge is 2.30. The molecule has 1 aromatic heterocycles. The summed E-state index contributed by atoms with van der Waals surface area (Å²) in [5, 5.41) is 26.3. The first-order valence-corrected chi connectivity index (χ1v) is 11.8. The molecule has 1 N–H and O–H groups in total. The fraction of sp³-hybridized carbons (Fsp3) is 0.333. The standard InChI is InChI=1S/C27H30N4O7/c1-26(2,3)17-27(4,5)19-8-12-24(22(14-19)31(35)36)37-16-25(32)29-28-15-21-11-13-23(38-21)18-6-9-20(10-7-18)30(33)34/h6-15H,16-17H2,1-5H3,(H,29,32)/b28-15-. The van der Waals surface area contributed by atoms with Gasteiger partial charge in [0.15, 0.2) is 12.4 Å². The van der Waals surface area contributed by atoms with Gasteiger partial charge in [0.25, 0.3) is 11.6 Å². The highest BCUT2D eigenvalue weighted by atomic mass is 16.6. The monoisotopic (exact) mass is 522 g/mol. The number of carbonyl (C=O) groups excluding carboxylic acids is 1. The van der Waals surface area contributed by atoms with Gasteiger partial charge < -0.3 is 9.15 Å². The molecule has 0 radical (unpaired) electrons. The molecule has 3 rings (SSSR count). The summed E-state index contributed by atoms with van der Waals surface area (Å²) in [6.07, 6.45) is 2.10. The van der Waals surface area contributed by atoms with Crippen LogP contribution in [0.1, 0.15) is 52.4 Å². The lowest BCUT2D eigenvalue weighted by Gasteiger charge is -2.33. The first-order valence-electron chi connectivity index (χ1n) is 11.8. The van der Waals surface area contributed by atoms with Gasteiger partial charge in [0.2, 0.25) is 0 Å². The van der Waals surface area contributed by atoms with Gasteiger partial charge in [-0.25, -0.2) is 5.43 Å². The number of nitro benzene ring substituents is 2. The Hall–Kier alpha value is -4.54. The van der Waals surface area contributed by atoms with Crippen LogP contribution in [0.5, 0.6) is 5.75 Å². The van der Waals surface area contributed by atoms with E-state index in [2.05, 4.69) is 31.3 Å². The number of hydrogen-bond acceptors (Lipinski definition) is 8. The summed E-state index contributed by atoms with van der Waals surface area (Å²) >= 11 is 0. The Labute approximate surface area is 219 Å². The SMILES string of the molecule is CC(C)(C)CC(C)(C)c1ccc(OCC(=O)N/N=C\c2ccc(-c3ccc([N+](=O)[O-])cc3)o2)c([N+](=O)[O-])c1. The van der Waals surface area contributed by atoms with E-state index in [1.54, 1.807) is 30.3 Å². The van der Waals surface area contributed by atoms with Gasteiger partial charge in [-0.3, -0.25) is 25.0 Å². The Morgan fingerprint density at radius 2 is 1.68 bits per heavy atom. The number of non-ortho nitro benzene ring substituents is 1. The minimum atomic E-state index is -0.616. The molecule has 11 nitrogen and oxygen atoms in total. The maximum Gasteiger partial charge on any atom is 0.311 e. The molecule has 1 heterocycles. The number of ether oxygens (including phenoxy) is 1. The maximum atomic E-state index is 12.2. The molecule has 0 atom stereocenters. The Bertz CT molecular complexity index is 1350. The number of benzene rings is 2. The van der Waals surface area contributed by atoms with Gasteiger partial charge in [-0.2, -0.15) is 5.10 Å². The number of nitrogens with zero attached hydrogens (tertiary/aromatic N) is 3. The number of nitro groups is 2. The van der Waals surface area contributed by atoms with E-state index in [0.717, 1.165) is 12.0 Å². The summed E-state index contributed by atoms with van der Waals surface area (Å²) < 4.78 is 11.0. The van der Waals surface area contributed by atoms with Crippen LogP contribution in [0.15, 0.2) is 64.1 Å². The van der Waals surface area contributed by atoms with Gasteiger partial charge >= 0.3 is 5.69 Å². The summed E-state index contributed by atoms with van der Waals surface area (Å²) in [4.78, 5) is 33.6. The van der Waals surface area contributed by atoms with Crippen LogP contribution in [0.2, 0.25) is 0 Å². The van der Waals surface area contributed by atoms with Crippen LogP contribution in [0.4, 0.5) is 11.4 Å². The molecule has 0 bridgehead atoms. The minimum absolute atomic E-state index is 0.0109. The van der Waals surface area contributed by atoms with Crippen LogP contribution in [0, 0.1) is 25.6 Å². The average Bonchev–Trinajstić information content (AvgIpc) is 3.30. The largest absolute Gasteiger partial charge is 0.477 e. The second kappa shape index (κ2) is 11.2. The zero-order valence-electron chi connectivity index (χ0n) is 21.9. The zero-order chi connectivity index (χ0) is 28.1. The van der Waals surface area contributed by atoms with Gasteiger partial charge in [-0.05, 0) is 53.1 Å². The van der Waals surface area contributed by atoms with E-state index < -0.39 is 22.4 Å². The van der Waals surface area contributed by atoms with Crippen molar-refractivity contribution in [1.29, 1.82) is 0 Å². The molecular weight excluding hydrogens is 492 g/mol. The lowest BCUT2D eigenvalue weighted by atomic mass is 9.72. The highest BCUT2D eigenvalue weighted by Crippen LogP contribution is 2.39. The number of nitrogens with one attached hydrogen (secondary N) is 1. The number of carbonyl (C=O) groups is 1. The Morgan fingerprint density at radius 1 is 1.00 bits per heavy atom. The van der Waals surface area contributed by atoms with Crippen molar-refractivity contribution < 1.29 is 23.8 Å². The zero-order valence-corrected chi connectivity index (χ0v) is 21.9. The van der Waals surface area contributed by atoms with E-state index in [9.17, 15) is 25.0 Å². The van der Waals surface area contributed by atoms with Gasteiger partial charge in [-0.15, -0.1) is 0 Å². The molecule has 0 saturated carbocycles. The second-order valence-electron chi connectivity index (χ2n) is 10.6. The van der Waals surface area contributed by atoms with Crippen LogP contribution in [0.3, 0.4) is 0 Å². The molecule has 0 unspecified atom stereocenters. The minimum Gasteiger partial charge on any atom is -0.477 e. The summed E-state index contributed by atoms with van der Waals surface area (Å²) in [5.41, 5.74) is 3.23. The van der Waals surface area contributed by atoms with Crippen molar-refractivity contribution in [3.8, 4) is 17.1 Å². The van der Waals surface area contributed by atoms with Crippen molar-refractivity contribution in [3.05, 3.63) is 86.1 Å². The molecule has 0 aliphatic rings. The van der Waals surface area contributed by atoms with Crippen molar-refractivity contribution >= 4 is 23.5 Å². The lowest BCUT2D eigenvalue weighted by Crippen LogP contribution is -2.26. The van der Waals surface area contributed by atoms with Crippen molar-refractivity contribution in [1.82, 2.24) is 5.43 Å². The number of amides is 1. The topological polar surface area (TPSA) is 150 Å². The van der Waals surface area contributed by atoms with Crippen molar-refractivity contribution in [2.45, 2.75) is 46.5 Å². The molecule has 38 heavy (non-hydrogen) atoms. The molecule has 2 aromatic carbocycles. The molecule has 1 amide bonds. The molecule has 0 saturated heterocycles. The third-order valence-electron chi connectivity index (χ3n) is 5.64. The van der Waals surface area contributed by atoms with Gasteiger partial charge in [0, 0.05) is 23.8 Å². The van der Waals surface area contributed by atoms with E-state index >= 15 is 0 Å². The van der Waals surface area contributed by atoms with Crippen molar-refractivity contribution in [3.63, 3.8) is 0 Å². The molecule has 200 valence electrons. The van der Waals surface area contributed by atoms with Crippen molar-refractivity contribution in [2.75, 3.05) is 6.61 Å². The first-order chi connectivity index (χ1) is 17.7. The average molecular weight is 523 g/mol. The van der Waals surface area contributed by atoms with Gasteiger partial charge in [-0.1, -0.05) is 40.7 Å². The molecule has 0 aliphatic carbocycles. The molecule has 0 fully saturated rings. The Balaban J connectivity index is 1.59. The van der Waals surface area contributed by atoms with Crippen LogP contribution in [0.25, 0.3) is 11.3 Å². The summed E-state index contributed by atoms with van der Waals surface area (Å²) in [6.45, 7) is 9.95. The van der Waals surface area contributed by atoms with Crippen molar-refractivity contribution in [2.24, 2.45) is 10.5 Å². The fourth-order valence-electron chi connectivity index (χ4n) is 4.30. The first kappa shape index (κ1) is 28.0. The molecule has 0 aliphatic heterocycles. The van der Waals surface area contributed by atoms with E-state index in [1.165, 1.54) is 30.5 Å². The Morgan fingerprint density at radius 3 is 2.29 bits per heavy atom. The summed E-state index contributed by atoms with van der Waals surface area (Å²) in [5.74, 6) is 0.180. The predicted octanol–water partition coefficient (Wildman–Crippen LogP) is 6.01. The fourth-order valence-corrected chi connectivity index (χ4v) is 4.30. The normalized spacial score (nSPS) is 11.9.